The van der Waals surface area contributed by atoms with E-state index in [1.807, 2.05) is 0 Å². The topological polar surface area (TPSA) is 188 Å². The summed E-state index contributed by atoms with van der Waals surface area (Å²) in [5.74, 6) is -2.66. The first kappa shape index (κ1) is 35.5. The largest absolute Gasteiger partial charge is 0.333 e. The maximum absolute atomic E-state index is 11.6. The van der Waals surface area contributed by atoms with Crippen molar-refractivity contribution < 1.29 is 48.0 Å². The molecule has 1 atom stereocenters. The molecule has 39 heavy (non-hydrogen) atoms. The van der Waals surface area contributed by atoms with Gasteiger partial charge in [0, 0.05) is 51.4 Å². The number of nitrogens with two attached hydrogens (primary N) is 1. The van der Waals surface area contributed by atoms with Gasteiger partial charge in [0.1, 0.15) is 12.6 Å². The molecule has 2 aliphatic heterocycles. The Morgan fingerprint density at radius 1 is 0.744 bits per heavy atom. The molecule has 0 aromatic rings. The molecule has 13 heteroatoms. The zero-order valence-electron chi connectivity index (χ0n) is 22.9. The lowest BCUT2D eigenvalue weighted by molar-refractivity contribution is -0.197. The smallest absolute Gasteiger partial charge is 0.330 e. The second-order valence-corrected chi connectivity index (χ2v) is 9.02. The van der Waals surface area contributed by atoms with E-state index in [0.29, 0.717) is 61.0 Å². The summed E-state index contributed by atoms with van der Waals surface area (Å²) in [6.07, 6.45) is 7.12. The van der Waals surface area contributed by atoms with Gasteiger partial charge in [-0.1, -0.05) is 33.1 Å². The van der Waals surface area contributed by atoms with E-state index < -0.39 is 35.6 Å². The lowest BCUT2D eigenvalue weighted by Gasteiger charge is -2.12. The minimum absolute atomic E-state index is 0.0524. The Balaban J connectivity index is 0.000000918. The van der Waals surface area contributed by atoms with Crippen LogP contribution in [0.25, 0.3) is 0 Å². The molecule has 2 fully saturated rings. The molecule has 13 nitrogen and oxygen atoms in total. The second-order valence-electron chi connectivity index (χ2n) is 9.02. The first-order valence-electron chi connectivity index (χ1n) is 13.3. The molecule has 0 aromatic carbocycles. The van der Waals surface area contributed by atoms with E-state index in [4.69, 9.17) is 15.4 Å². The van der Waals surface area contributed by atoms with Gasteiger partial charge in [0.25, 0.3) is 23.6 Å². The van der Waals surface area contributed by atoms with E-state index in [2.05, 4.69) is 13.8 Å². The Labute approximate surface area is 228 Å². The SMILES string of the molecule is CCC(C)CN.O=C(CCCCCCC(=O)ON1C(=O)CCC1=O)ON1C(=O)CCC1=O.O=CCCCC=O. The molecule has 2 rings (SSSR count). The van der Waals surface area contributed by atoms with Crippen molar-refractivity contribution >= 4 is 48.1 Å². The molecule has 4 amide bonds. The third-order valence-electron chi connectivity index (χ3n) is 5.65. The standard InChI is InChI=1S/C16H20N2O8.C5H13N.C5H8O2/c19-11-7-8-12(20)17(11)25-15(23)5-3-1-2-4-6-16(24)26-18-13(21)9-10-14(18)22;1-3-5(2)4-6;6-4-2-1-3-5-7/h1-10H2;5H,3-4,6H2,1-2H3;4-5H,1-3H2. The van der Waals surface area contributed by atoms with E-state index in [0.717, 1.165) is 19.1 Å². The number of unbranched alkanes of at least 4 members (excludes halogenated alkanes) is 5. The van der Waals surface area contributed by atoms with Crippen LogP contribution in [0.15, 0.2) is 0 Å². The maximum atomic E-state index is 11.6. The van der Waals surface area contributed by atoms with Crippen LogP contribution in [0.2, 0.25) is 0 Å². The van der Waals surface area contributed by atoms with Crippen LogP contribution in [0.5, 0.6) is 0 Å². The first-order valence-corrected chi connectivity index (χ1v) is 13.3. The summed E-state index contributed by atoms with van der Waals surface area (Å²) in [5, 5.41) is 1.03. The van der Waals surface area contributed by atoms with Crippen LogP contribution in [-0.2, 0) is 48.0 Å². The fourth-order valence-electron chi connectivity index (χ4n) is 2.95. The molecule has 2 heterocycles. The number of hydrogen-bond acceptors (Lipinski definition) is 11. The van der Waals surface area contributed by atoms with Gasteiger partial charge in [-0.15, -0.1) is 10.1 Å². The molecule has 0 bridgehead atoms. The van der Waals surface area contributed by atoms with Gasteiger partial charge >= 0.3 is 11.9 Å². The van der Waals surface area contributed by atoms with Gasteiger partial charge in [-0.2, -0.15) is 0 Å². The molecule has 2 aliphatic rings. The summed E-state index contributed by atoms with van der Waals surface area (Å²) in [6, 6.07) is 0. The number of imide groups is 2. The van der Waals surface area contributed by atoms with Crippen molar-refractivity contribution in [3.63, 3.8) is 0 Å². The number of carbonyl (C=O) groups excluding carboxylic acids is 8. The van der Waals surface area contributed by atoms with Gasteiger partial charge in [0.05, 0.1) is 0 Å². The lowest BCUT2D eigenvalue weighted by Crippen LogP contribution is -2.32. The van der Waals surface area contributed by atoms with Crippen molar-refractivity contribution in [2.45, 2.75) is 104 Å². The van der Waals surface area contributed by atoms with Crippen LogP contribution in [-0.4, -0.2) is 64.8 Å². The minimum Gasteiger partial charge on any atom is -0.330 e. The van der Waals surface area contributed by atoms with Crippen molar-refractivity contribution in [1.82, 2.24) is 10.1 Å². The summed E-state index contributed by atoms with van der Waals surface area (Å²) in [4.78, 5) is 96.9. The molecule has 2 saturated heterocycles. The first-order chi connectivity index (χ1) is 18.6. The fourth-order valence-corrected chi connectivity index (χ4v) is 2.95. The maximum Gasteiger partial charge on any atom is 0.333 e. The Kier molecular flexibility index (Phi) is 19.5. The van der Waals surface area contributed by atoms with Crippen molar-refractivity contribution in [1.29, 1.82) is 0 Å². The average Bonchev–Trinajstić information content (AvgIpc) is 3.41. The van der Waals surface area contributed by atoms with E-state index in [-0.39, 0.29) is 38.5 Å². The van der Waals surface area contributed by atoms with Crippen LogP contribution in [0, 0.1) is 5.92 Å². The molecule has 0 aromatic heterocycles. The van der Waals surface area contributed by atoms with Crippen LogP contribution in [0.3, 0.4) is 0 Å². The van der Waals surface area contributed by atoms with Crippen LogP contribution >= 0.6 is 0 Å². The number of hydrogen-bond donors (Lipinski definition) is 1. The summed E-state index contributed by atoms with van der Waals surface area (Å²) in [6.45, 7) is 5.13. The number of nitrogens with zero attached hydrogens (tertiary/aromatic N) is 2. The molecule has 0 spiro atoms. The highest BCUT2D eigenvalue weighted by atomic mass is 16.7. The van der Waals surface area contributed by atoms with Gasteiger partial charge in [-0.05, 0) is 31.7 Å². The highest BCUT2D eigenvalue weighted by Crippen LogP contribution is 2.15. The number of rotatable bonds is 15. The van der Waals surface area contributed by atoms with Gasteiger partial charge in [0.15, 0.2) is 0 Å². The summed E-state index contributed by atoms with van der Waals surface area (Å²) in [5.41, 5.74) is 5.28. The van der Waals surface area contributed by atoms with E-state index in [9.17, 15) is 38.4 Å². The zero-order valence-corrected chi connectivity index (χ0v) is 22.9. The number of aldehydes is 2. The Morgan fingerprint density at radius 3 is 1.36 bits per heavy atom. The van der Waals surface area contributed by atoms with Gasteiger partial charge in [0.2, 0.25) is 0 Å². The van der Waals surface area contributed by atoms with Gasteiger partial charge in [-0.25, -0.2) is 9.59 Å². The molecule has 0 saturated carbocycles. The third-order valence-corrected chi connectivity index (χ3v) is 5.65. The summed E-state index contributed by atoms with van der Waals surface area (Å²) in [7, 11) is 0. The molecule has 0 radical (unpaired) electrons. The Bertz CT molecular complexity index is 748. The van der Waals surface area contributed by atoms with Crippen LogP contribution in [0.4, 0.5) is 0 Å². The number of amides is 4. The zero-order chi connectivity index (χ0) is 29.6. The quantitative estimate of drug-likeness (QED) is 0.177. The van der Waals surface area contributed by atoms with Gasteiger partial charge in [-0.3, -0.25) is 19.2 Å². The Hall–Kier alpha value is -3.48. The second kappa shape index (κ2) is 21.5. The lowest BCUT2D eigenvalue weighted by atomic mass is 10.1. The molecule has 0 aliphatic carbocycles. The van der Waals surface area contributed by atoms with Gasteiger partial charge < -0.3 is 25.0 Å². The third kappa shape index (κ3) is 16.2. The van der Waals surface area contributed by atoms with Crippen LogP contribution in [0.1, 0.15) is 104 Å². The highest BCUT2D eigenvalue weighted by molar-refractivity contribution is 6.02. The van der Waals surface area contributed by atoms with E-state index >= 15 is 0 Å². The molecule has 1 unspecified atom stereocenters. The molecular formula is C26H41N3O10. The highest BCUT2D eigenvalue weighted by Gasteiger charge is 2.33. The minimum atomic E-state index is -0.654. The normalized spacial score (nSPS) is 15.2. The van der Waals surface area contributed by atoms with Crippen molar-refractivity contribution in [3.05, 3.63) is 0 Å². The predicted octanol–water partition coefficient (Wildman–Crippen LogP) is 2.09. The molecule has 220 valence electrons. The van der Waals surface area contributed by atoms with Crippen LogP contribution < -0.4 is 5.73 Å². The Morgan fingerprint density at radius 2 is 1.10 bits per heavy atom. The van der Waals surface area contributed by atoms with E-state index in [1.54, 1.807) is 0 Å². The van der Waals surface area contributed by atoms with Crippen molar-refractivity contribution in [3.8, 4) is 0 Å². The molecule has 2 N–H and O–H groups in total. The molecular weight excluding hydrogens is 514 g/mol. The monoisotopic (exact) mass is 555 g/mol. The fraction of sp³-hybridized carbons (Fsp3) is 0.692. The van der Waals surface area contributed by atoms with Crippen molar-refractivity contribution in [2.75, 3.05) is 6.54 Å². The number of hydroxylamine groups is 4. The predicted molar refractivity (Wildman–Crippen MR) is 137 cm³/mol. The average molecular weight is 556 g/mol. The van der Waals surface area contributed by atoms with E-state index in [1.165, 1.54) is 6.42 Å². The number of carbonyl (C=O) groups is 8. The summed E-state index contributed by atoms with van der Waals surface area (Å²) >= 11 is 0. The summed E-state index contributed by atoms with van der Waals surface area (Å²) < 4.78 is 0. The van der Waals surface area contributed by atoms with Crippen molar-refractivity contribution in [2.24, 2.45) is 11.7 Å².